The lowest BCUT2D eigenvalue weighted by atomic mass is 10.3. The summed E-state index contributed by atoms with van der Waals surface area (Å²) < 4.78 is 13.6. The topological polar surface area (TPSA) is 37.4 Å². The summed E-state index contributed by atoms with van der Waals surface area (Å²) in [6.45, 7) is 0.0287. The summed E-state index contributed by atoms with van der Waals surface area (Å²) in [5.74, 6) is -0.859. The number of Topliss-reactive ketones (excluding diaryl/α,β-unsaturated/α-hetero) is 1. The molecular formula is C10H7BrFNO2. The van der Waals surface area contributed by atoms with Gasteiger partial charge in [-0.1, -0.05) is 0 Å². The molecule has 0 radical (unpaired) electrons. The predicted molar refractivity (Wildman–Crippen MR) is 56.1 cm³/mol. The number of hydrogen-bond donors (Lipinski definition) is 0. The lowest BCUT2D eigenvalue weighted by Crippen LogP contribution is -2.24. The van der Waals surface area contributed by atoms with Crippen LogP contribution in [0, 0.1) is 5.82 Å². The largest absolute Gasteiger partial charge is 0.303 e. The minimum Gasteiger partial charge on any atom is -0.303 e. The van der Waals surface area contributed by atoms with E-state index in [9.17, 15) is 14.0 Å². The number of nitrogens with zero attached hydrogens (tertiary/aromatic N) is 1. The molecule has 1 fully saturated rings. The zero-order valence-electron chi connectivity index (χ0n) is 7.67. The number of rotatable bonds is 1. The molecule has 5 heteroatoms. The Kier molecular flexibility index (Phi) is 2.56. The number of hydrogen-bond acceptors (Lipinski definition) is 2. The van der Waals surface area contributed by atoms with E-state index in [0.717, 1.165) is 0 Å². The van der Waals surface area contributed by atoms with Gasteiger partial charge < -0.3 is 4.90 Å². The monoisotopic (exact) mass is 271 g/mol. The number of halogens is 2. The van der Waals surface area contributed by atoms with Crippen LogP contribution in [0.3, 0.4) is 0 Å². The second kappa shape index (κ2) is 3.73. The van der Waals surface area contributed by atoms with Crippen LogP contribution in [0.2, 0.25) is 0 Å². The highest BCUT2D eigenvalue weighted by Crippen LogP contribution is 2.29. The minimum absolute atomic E-state index is 0.0287. The van der Waals surface area contributed by atoms with E-state index in [2.05, 4.69) is 15.9 Å². The van der Waals surface area contributed by atoms with Crippen molar-refractivity contribution in [3.63, 3.8) is 0 Å². The summed E-state index contributed by atoms with van der Waals surface area (Å²) in [7, 11) is 0. The zero-order valence-corrected chi connectivity index (χ0v) is 9.25. The molecule has 1 amide bonds. The minimum atomic E-state index is -0.430. The van der Waals surface area contributed by atoms with Gasteiger partial charge in [-0.3, -0.25) is 9.59 Å². The molecule has 1 saturated heterocycles. The lowest BCUT2D eigenvalue weighted by molar-refractivity contribution is -0.121. The van der Waals surface area contributed by atoms with Gasteiger partial charge in [0.1, 0.15) is 5.82 Å². The Bertz CT molecular complexity index is 447. The number of carbonyl (C=O) groups excluding carboxylic acids is 2. The van der Waals surface area contributed by atoms with Gasteiger partial charge in [-0.15, -0.1) is 0 Å². The van der Waals surface area contributed by atoms with E-state index in [-0.39, 0.29) is 24.7 Å². The summed E-state index contributed by atoms with van der Waals surface area (Å²) in [6.07, 6.45) is -0.0943. The quantitative estimate of drug-likeness (QED) is 0.732. The van der Waals surface area contributed by atoms with Crippen LogP contribution in [0.5, 0.6) is 0 Å². The van der Waals surface area contributed by atoms with Crippen LogP contribution < -0.4 is 4.90 Å². The molecule has 0 aromatic heterocycles. The Morgan fingerprint density at radius 2 is 2.07 bits per heavy atom. The average molecular weight is 272 g/mol. The Labute approximate surface area is 94.0 Å². The molecule has 0 N–H and O–H groups in total. The van der Waals surface area contributed by atoms with Crippen LogP contribution in [-0.2, 0) is 9.59 Å². The molecule has 0 unspecified atom stereocenters. The van der Waals surface area contributed by atoms with Crippen molar-refractivity contribution in [3.8, 4) is 0 Å². The molecule has 0 spiro atoms. The number of ketones is 1. The molecular weight excluding hydrogens is 265 g/mol. The van der Waals surface area contributed by atoms with E-state index >= 15 is 0 Å². The van der Waals surface area contributed by atoms with E-state index in [1.807, 2.05) is 0 Å². The van der Waals surface area contributed by atoms with Gasteiger partial charge in [0.25, 0.3) is 0 Å². The molecule has 15 heavy (non-hydrogen) atoms. The summed E-state index contributed by atoms with van der Waals surface area (Å²) in [6, 6.07) is 4.04. The summed E-state index contributed by atoms with van der Waals surface area (Å²) in [5, 5.41) is 0. The highest BCUT2D eigenvalue weighted by molar-refractivity contribution is 9.10. The van der Waals surface area contributed by atoms with Crippen molar-refractivity contribution in [2.24, 2.45) is 0 Å². The fraction of sp³-hybridized carbons (Fsp3) is 0.200. The first-order valence-corrected chi connectivity index (χ1v) is 5.14. The van der Waals surface area contributed by atoms with Gasteiger partial charge in [-0.25, -0.2) is 4.39 Å². The van der Waals surface area contributed by atoms with Gasteiger partial charge in [0.15, 0.2) is 5.78 Å². The maximum atomic E-state index is 13.0. The van der Waals surface area contributed by atoms with E-state index in [4.69, 9.17) is 0 Å². The first-order chi connectivity index (χ1) is 7.08. The highest BCUT2D eigenvalue weighted by Gasteiger charge is 2.29. The maximum Gasteiger partial charge on any atom is 0.234 e. The number of anilines is 1. The second-order valence-electron chi connectivity index (χ2n) is 3.29. The van der Waals surface area contributed by atoms with Crippen molar-refractivity contribution in [1.82, 2.24) is 0 Å². The normalized spacial score (nSPS) is 16.3. The molecule has 78 valence electrons. The third-order valence-corrected chi connectivity index (χ3v) is 2.85. The first-order valence-electron chi connectivity index (χ1n) is 4.35. The standard InChI is InChI=1S/C10H7BrFNO2/c11-8-2-1-6(12)3-9(8)13-5-7(14)4-10(13)15/h1-3H,4-5H2. The van der Waals surface area contributed by atoms with Crippen LogP contribution in [0.1, 0.15) is 6.42 Å². The van der Waals surface area contributed by atoms with Crippen LogP contribution in [0.25, 0.3) is 0 Å². The highest BCUT2D eigenvalue weighted by atomic mass is 79.9. The average Bonchev–Trinajstić information content (AvgIpc) is 2.50. The third-order valence-electron chi connectivity index (χ3n) is 2.18. The summed E-state index contributed by atoms with van der Waals surface area (Å²) >= 11 is 3.22. The van der Waals surface area contributed by atoms with Gasteiger partial charge in [-0.05, 0) is 34.1 Å². The summed E-state index contributed by atoms with van der Waals surface area (Å²) in [4.78, 5) is 23.8. The number of amides is 1. The van der Waals surface area contributed by atoms with Crippen LogP contribution in [-0.4, -0.2) is 18.2 Å². The van der Waals surface area contributed by atoms with Crippen LogP contribution >= 0.6 is 15.9 Å². The van der Waals surface area contributed by atoms with Gasteiger partial charge in [0, 0.05) is 4.47 Å². The molecule has 1 aromatic carbocycles. The Balaban J connectivity index is 2.41. The fourth-order valence-electron chi connectivity index (χ4n) is 1.50. The molecule has 0 bridgehead atoms. The maximum absolute atomic E-state index is 13.0. The van der Waals surface area contributed by atoms with Gasteiger partial charge in [0.05, 0.1) is 18.7 Å². The molecule has 1 aliphatic rings. The molecule has 1 heterocycles. The second-order valence-corrected chi connectivity index (χ2v) is 4.15. The first kappa shape index (κ1) is 10.3. The fourth-order valence-corrected chi connectivity index (χ4v) is 1.96. The third kappa shape index (κ3) is 1.92. The van der Waals surface area contributed by atoms with Gasteiger partial charge in [0.2, 0.25) is 5.91 Å². The smallest absolute Gasteiger partial charge is 0.234 e. The Hall–Kier alpha value is -1.23. The number of carbonyl (C=O) groups is 2. The van der Waals surface area contributed by atoms with E-state index in [0.29, 0.717) is 10.2 Å². The van der Waals surface area contributed by atoms with Crippen molar-refractivity contribution in [2.75, 3.05) is 11.4 Å². The van der Waals surface area contributed by atoms with Gasteiger partial charge >= 0.3 is 0 Å². The van der Waals surface area contributed by atoms with Crippen LogP contribution in [0.4, 0.5) is 10.1 Å². The van der Waals surface area contributed by atoms with Crippen molar-refractivity contribution >= 4 is 33.3 Å². The van der Waals surface area contributed by atoms with E-state index in [1.54, 1.807) is 0 Å². The molecule has 1 aromatic rings. The lowest BCUT2D eigenvalue weighted by Gasteiger charge is -2.16. The van der Waals surface area contributed by atoms with Crippen molar-refractivity contribution in [2.45, 2.75) is 6.42 Å². The molecule has 0 atom stereocenters. The SMILES string of the molecule is O=C1CC(=O)N(c2cc(F)ccc2Br)C1. The Morgan fingerprint density at radius 3 is 2.67 bits per heavy atom. The number of benzene rings is 1. The predicted octanol–water partition coefficient (Wildman–Crippen LogP) is 1.89. The molecule has 0 aliphatic carbocycles. The van der Waals surface area contributed by atoms with Crippen molar-refractivity contribution in [1.29, 1.82) is 0 Å². The zero-order chi connectivity index (χ0) is 11.0. The van der Waals surface area contributed by atoms with E-state index in [1.165, 1.54) is 23.1 Å². The van der Waals surface area contributed by atoms with Crippen LogP contribution in [0.15, 0.2) is 22.7 Å². The molecule has 2 rings (SSSR count). The molecule has 1 aliphatic heterocycles. The van der Waals surface area contributed by atoms with Crippen molar-refractivity contribution in [3.05, 3.63) is 28.5 Å². The van der Waals surface area contributed by atoms with Crippen molar-refractivity contribution < 1.29 is 14.0 Å². The summed E-state index contributed by atoms with van der Waals surface area (Å²) in [5.41, 5.74) is 0.408. The molecule has 0 saturated carbocycles. The molecule has 3 nitrogen and oxygen atoms in total. The van der Waals surface area contributed by atoms with E-state index < -0.39 is 5.82 Å². The van der Waals surface area contributed by atoms with Gasteiger partial charge in [-0.2, -0.15) is 0 Å². The Morgan fingerprint density at radius 1 is 1.33 bits per heavy atom.